The van der Waals surface area contributed by atoms with Gasteiger partial charge in [-0.2, -0.15) is 0 Å². The van der Waals surface area contributed by atoms with Crippen LogP contribution >= 0.6 is 12.4 Å². The lowest BCUT2D eigenvalue weighted by atomic mass is 10.2. The Labute approximate surface area is 83.0 Å². The third kappa shape index (κ3) is 3.16. The number of halogens is 1. The highest BCUT2D eigenvalue weighted by atomic mass is 35.5. The van der Waals surface area contributed by atoms with E-state index in [-0.39, 0.29) is 23.9 Å². The maximum Gasteiger partial charge on any atom is 0.251 e. The van der Waals surface area contributed by atoms with Crippen molar-refractivity contribution in [1.82, 2.24) is 9.97 Å². The summed E-state index contributed by atoms with van der Waals surface area (Å²) in [7, 11) is 0. The van der Waals surface area contributed by atoms with Gasteiger partial charge >= 0.3 is 0 Å². The van der Waals surface area contributed by atoms with Crippen molar-refractivity contribution in [2.45, 2.75) is 26.3 Å². The van der Waals surface area contributed by atoms with E-state index in [1.54, 1.807) is 0 Å². The smallest absolute Gasteiger partial charge is 0.251 e. The molecule has 1 aromatic rings. The molecule has 0 bridgehead atoms. The van der Waals surface area contributed by atoms with E-state index in [9.17, 15) is 4.79 Å². The lowest BCUT2D eigenvalue weighted by Crippen LogP contribution is -2.15. The lowest BCUT2D eigenvalue weighted by Gasteiger charge is -2.04. The first-order chi connectivity index (χ1) is 5.63. The molecule has 0 aromatic carbocycles. The SMILES string of the molecule is CC(C)c1nc(CN)cc(=O)[nH]1.Cl. The van der Waals surface area contributed by atoms with Crippen molar-refractivity contribution in [3.05, 3.63) is 27.9 Å². The molecular formula is C8H14ClN3O. The first-order valence-corrected chi connectivity index (χ1v) is 3.93. The van der Waals surface area contributed by atoms with Crippen molar-refractivity contribution < 1.29 is 0 Å². The Hall–Kier alpha value is -0.870. The van der Waals surface area contributed by atoms with Crippen molar-refractivity contribution in [2.24, 2.45) is 5.73 Å². The minimum absolute atomic E-state index is 0. The number of nitrogens with one attached hydrogen (secondary N) is 1. The van der Waals surface area contributed by atoms with Crippen molar-refractivity contribution in [3.63, 3.8) is 0 Å². The standard InChI is InChI=1S/C8H13N3O.ClH/c1-5(2)8-10-6(4-9)3-7(12)11-8;/h3,5H,4,9H2,1-2H3,(H,10,11,12);1H. The van der Waals surface area contributed by atoms with E-state index >= 15 is 0 Å². The largest absolute Gasteiger partial charge is 0.325 e. The summed E-state index contributed by atoms with van der Waals surface area (Å²) in [6.07, 6.45) is 0. The van der Waals surface area contributed by atoms with Crippen LogP contribution in [0.15, 0.2) is 10.9 Å². The van der Waals surface area contributed by atoms with E-state index in [1.165, 1.54) is 6.07 Å². The van der Waals surface area contributed by atoms with Crippen LogP contribution in [0.2, 0.25) is 0 Å². The Bertz CT molecular complexity index is 321. The normalized spacial score (nSPS) is 9.85. The summed E-state index contributed by atoms with van der Waals surface area (Å²) in [5.41, 5.74) is 5.88. The summed E-state index contributed by atoms with van der Waals surface area (Å²) in [6.45, 7) is 4.25. The van der Waals surface area contributed by atoms with Gasteiger partial charge in [-0.15, -0.1) is 12.4 Å². The number of H-pyrrole nitrogens is 1. The Morgan fingerprint density at radius 1 is 1.62 bits per heavy atom. The molecule has 0 aliphatic rings. The molecule has 1 rings (SSSR count). The van der Waals surface area contributed by atoms with Crippen LogP contribution in [0.4, 0.5) is 0 Å². The summed E-state index contributed by atoms with van der Waals surface area (Å²) in [6, 6.07) is 1.42. The third-order valence-electron chi connectivity index (χ3n) is 1.57. The van der Waals surface area contributed by atoms with Gasteiger partial charge in [-0.1, -0.05) is 13.8 Å². The third-order valence-corrected chi connectivity index (χ3v) is 1.57. The van der Waals surface area contributed by atoms with Gasteiger partial charge < -0.3 is 10.7 Å². The average Bonchev–Trinajstić information content (AvgIpc) is 2.03. The molecule has 0 amide bonds. The van der Waals surface area contributed by atoms with Crippen molar-refractivity contribution in [2.75, 3.05) is 0 Å². The molecule has 13 heavy (non-hydrogen) atoms. The van der Waals surface area contributed by atoms with Gasteiger partial charge in [-0.25, -0.2) is 4.98 Å². The summed E-state index contributed by atoms with van der Waals surface area (Å²) in [5, 5.41) is 0. The number of nitrogens with two attached hydrogens (primary N) is 1. The quantitative estimate of drug-likeness (QED) is 0.746. The highest BCUT2D eigenvalue weighted by Gasteiger charge is 2.03. The number of aromatic amines is 1. The molecule has 74 valence electrons. The number of nitrogens with zero attached hydrogens (tertiary/aromatic N) is 1. The van der Waals surface area contributed by atoms with Crippen LogP contribution < -0.4 is 11.3 Å². The zero-order valence-electron chi connectivity index (χ0n) is 7.70. The molecule has 0 atom stereocenters. The molecule has 0 aliphatic heterocycles. The minimum Gasteiger partial charge on any atom is -0.325 e. The maximum absolute atomic E-state index is 11.0. The molecule has 3 N–H and O–H groups in total. The highest BCUT2D eigenvalue weighted by Crippen LogP contribution is 2.05. The van der Waals surface area contributed by atoms with Gasteiger partial charge in [0.15, 0.2) is 0 Å². The minimum atomic E-state index is -0.130. The Kier molecular flexibility index (Phi) is 4.66. The van der Waals surface area contributed by atoms with Crippen LogP contribution in [0.5, 0.6) is 0 Å². The number of rotatable bonds is 2. The van der Waals surface area contributed by atoms with Gasteiger partial charge in [-0.05, 0) is 0 Å². The molecule has 5 heteroatoms. The zero-order valence-corrected chi connectivity index (χ0v) is 8.52. The molecule has 0 unspecified atom stereocenters. The first-order valence-electron chi connectivity index (χ1n) is 3.93. The molecule has 0 spiro atoms. The molecule has 0 radical (unpaired) electrons. The van der Waals surface area contributed by atoms with Crippen LogP contribution in [-0.4, -0.2) is 9.97 Å². The van der Waals surface area contributed by atoms with Crippen LogP contribution in [-0.2, 0) is 6.54 Å². The molecule has 0 aliphatic carbocycles. The fourth-order valence-corrected chi connectivity index (χ4v) is 0.907. The van der Waals surface area contributed by atoms with Gasteiger partial charge in [0.1, 0.15) is 5.82 Å². The Morgan fingerprint density at radius 2 is 2.23 bits per heavy atom. The van der Waals surface area contributed by atoms with Crippen LogP contribution in [0.25, 0.3) is 0 Å². The second-order valence-electron chi connectivity index (χ2n) is 2.98. The Morgan fingerprint density at radius 3 is 2.69 bits per heavy atom. The summed E-state index contributed by atoms with van der Waals surface area (Å²) >= 11 is 0. The van der Waals surface area contributed by atoms with Crippen LogP contribution in [0.1, 0.15) is 31.3 Å². The molecule has 1 aromatic heterocycles. The molecule has 4 nitrogen and oxygen atoms in total. The summed E-state index contributed by atoms with van der Waals surface area (Å²) in [4.78, 5) is 17.9. The molecular weight excluding hydrogens is 190 g/mol. The number of hydrogen-bond donors (Lipinski definition) is 2. The van der Waals surface area contributed by atoms with Crippen LogP contribution in [0, 0.1) is 0 Å². The number of aromatic nitrogens is 2. The maximum atomic E-state index is 11.0. The number of hydrogen-bond acceptors (Lipinski definition) is 3. The van der Waals surface area contributed by atoms with E-state index in [0.29, 0.717) is 18.1 Å². The topological polar surface area (TPSA) is 71.8 Å². The van der Waals surface area contributed by atoms with Gasteiger partial charge in [0.2, 0.25) is 0 Å². The summed E-state index contributed by atoms with van der Waals surface area (Å²) < 4.78 is 0. The average molecular weight is 204 g/mol. The lowest BCUT2D eigenvalue weighted by molar-refractivity contribution is 0.748. The van der Waals surface area contributed by atoms with E-state index < -0.39 is 0 Å². The fourth-order valence-electron chi connectivity index (χ4n) is 0.907. The monoisotopic (exact) mass is 203 g/mol. The van der Waals surface area contributed by atoms with Crippen molar-refractivity contribution in [1.29, 1.82) is 0 Å². The molecule has 1 heterocycles. The van der Waals surface area contributed by atoms with E-state index in [1.807, 2.05) is 13.8 Å². The predicted molar refractivity (Wildman–Crippen MR) is 54.1 cm³/mol. The van der Waals surface area contributed by atoms with Gasteiger partial charge in [0.05, 0.1) is 5.69 Å². The fraction of sp³-hybridized carbons (Fsp3) is 0.500. The van der Waals surface area contributed by atoms with Crippen LogP contribution in [0.3, 0.4) is 0 Å². The highest BCUT2D eigenvalue weighted by molar-refractivity contribution is 5.85. The zero-order chi connectivity index (χ0) is 9.14. The van der Waals surface area contributed by atoms with Crippen molar-refractivity contribution >= 4 is 12.4 Å². The van der Waals surface area contributed by atoms with Gasteiger partial charge in [0, 0.05) is 18.5 Å². The summed E-state index contributed by atoms with van der Waals surface area (Å²) in [5.74, 6) is 0.923. The predicted octanol–water partition coefficient (Wildman–Crippen LogP) is 0.774. The Balaban J connectivity index is 0.00000144. The second-order valence-corrected chi connectivity index (χ2v) is 2.98. The van der Waals surface area contributed by atoms with Gasteiger partial charge in [-0.3, -0.25) is 4.79 Å². The van der Waals surface area contributed by atoms with E-state index in [0.717, 1.165) is 0 Å². The van der Waals surface area contributed by atoms with Gasteiger partial charge in [0.25, 0.3) is 5.56 Å². The van der Waals surface area contributed by atoms with E-state index in [2.05, 4.69) is 9.97 Å². The molecule has 0 saturated heterocycles. The second kappa shape index (κ2) is 4.99. The molecule has 0 saturated carbocycles. The first kappa shape index (κ1) is 12.1. The van der Waals surface area contributed by atoms with Crippen molar-refractivity contribution in [3.8, 4) is 0 Å². The van der Waals surface area contributed by atoms with E-state index in [4.69, 9.17) is 5.73 Å². The molecule has 0 fully saturated rings.